The average Bonchev–Trinajstić information content (AvgIpc) is 2.66. The summed E-state index contributed by atoms with van der Waals surface area (Å²) in [6.07, 6.45) is 0. The van der Waals surface area contributed by atoms with E-state index in [-0.39, 0.29) is 22.2 Å². The van der Waals surface area contributed by atoms with Gasteiger partial charge in [-0.3, -0.25) is 0 Å². The number of rotatable bonds is 6. The van der Waals surface area contributed by atoms with Gasteiger partial charge in [0.25, 0.3) is 0 Å². The molecule has 2 N–H and O–H groups in total. The van der Waals surface area contributed by atoms with Gasteiger partial charge in [0, 0.05) is 12.3 Å². The van der Waals surface area contributed by atoms with Crippen LogP contribution in [0.25, 0.3) is 0 Å². The minimum Gasteiger partial charge on any atom is -0.477 e. The lowest BCUT2D eigenvalue weighted by Crippen LogP contribution is -2.28. The molecule has 0 fully saturated rings. The molecule has 0 atom stereocenters. The summed E-state index contributed by atoms with van der Waals surface area (Å²) in [6, 6.07) is 0. The standard InChI is InChI=1S/C9H10F3NO4S3/c1-5-4-18-6(8(14)15)7(5)20(16,17)13-2-3-19-9(10,11)12/h4,13H,2-3H2,1H3,(H,14,15). The predicted molar refractivity (Wildman–Crippen MR) is 69.7 cm³/mol. The number of sulfonamides is 1. The van der Waals surface area contributed by atoms with Crippen LogP contribution in [0.3, 0.4) is 0 Å². The van der Waals surface area contributed by atoms with Crippen LogP contribution in [0.5, 0.6) is 0 Å². The molecule has 0 aliphatic rings. The Kier molecular flexibility index (Phi) is 5.46. The molecule has 0 bridgehead atoms. The highest BCUT2D eigenvalue weighted by molar-refractivity contribution is 8.00. The van der Waals surface area contributed by atoms with Crippen LogP contribution in [0.1, 0.15) is 15.2 Å². The van der Waals surface area contributed by atoms with Crippen LogP contribution < -0.4 is 4.72 Å². The van der Waals surface area contributed by atoms with Gasteiger partial charge >= 0.3 is 11.5 Å². The summed E-state index contributed by atoms with van der Waals surface area (Å²) < 4.78 is 61.5. The summed E-state index contributed by atoms with van der Waals surface area (Å²) in [5.41, 5.74) is -4.20. The highest BCUT2D eigenvalue weighted by Gasteiger charge is 2.29. The van der Waals surface area contributed by atoms with E-state index in [0.717, 1.165) is 11.3 Å². The first-order chi connectivity index (χ1) is 9.04. The first-order valence-electron chi connectivity index (χ1n) is 5.06. The first-order valence-corrected chi connectivity index (χ1v) is 8.41. The van der Waals surface area contributed by atoms with Crippen molar-refractivity contribution < 1.29 is 31.5 Å². The summed E-state index contributed by atoms with van der Waals surface area (Å²) in [5, 5.41) is 10.2. The smallest absolute Gasteiger partial charge is 0.441 e. The van der Waals surface area contributed by atoms with E-state index in [1.165, 1.54) is 12.3 Å². The van der Waals surface area contributed by atoms with Crippen LogP contribution in [0, 0.1) is 6.92 Å². The summed E-state index contributed by atoms with van der Waals surface area (Å²) >= 11 is 0.396. The van der Waals surface area contributed by atoms with Gasteiger partial charge in [0.1, 0.15) is 9.77 Å². The second kappa shape index (κ2) is 6.33. The van der Waals surface area contributed by atoms with E-state index in [9.17, 15) is 26.4 Å². The second-order valence-electron chi connectivity index (χ2n) is 3.57. The zero-order valence-electron chi connectivity index (χ0n) is 10.0. The van der Waals surface area contributed by atoms with Crippen molar-refractivity contribution in [3.8, 4) is 0 Å². The van der Waals surface area contributed by atoms with Crippen LogP contribution in [0.4, 0.5) is 13.2 Å². The van der Waals surface area contributed by atoms with Crippen LogP contribution in [0.15, 0.2) is 10.3 Å². The molecule has 0 saturated heterocycles. The Morgan fingerprint density at radius 2 is 2.10 bits per heavy atom. The quantitative estimate of drug-likeness (QED) is 0.770. The lowest BCUT2D eigenvalue weighted by Gasteiger charge is -2.08. The molecule has 0 radical (unpaired) electrons. The maximum absolute atomic E-state index is 11.9. The lowest BCUT2D eigenvalue weighted by atomic mass is 10.3. The zero-order valence-corrected chi connectivity index (χ0v) is 12.5. The molecule has 0 amide bonds. The Balaban J connectivity index is 2.80. The van der Waals surface area contributed by atoms with Crippen molar-refractivity contribution in [2.24, 2.45) is 0 Å². The van der Waals surface area contributed by atoms with E-state index < -0.39 is 38.7 Å². The van der Waals surface area contributed by atoms with Gasteiger partial charge < -0.3 is 5.11 Å². The van der Waals surface area contributed by atoms with Crippen LogP contribution in [-0.2, 0) is 10.0 Å². The summed E-state index contributed by atoms with van der Waals surface area (Å²) in [7, 11) is -4.14. The predicted octanol–water partition coefficient (Wildman–Crippen LogP) is 2.29. The molecule has 20 heavy (non-hydrogen) atoms. The molecule has 1 rings (SSSR count). The van der Waals surface area contributed by atoms with Crippen molar-refractivity contribution in [1.82, 2.24) is 4.72 Å². The van der Waals surface area contributed by atoms with Crippen LogP contribution in [-0.4, -0.2) is 37.3 Å². The molecular formula is C9H10F3NO4S3. The number of thiophene rings is 1. The van der Waals surface area contributed by atoms with E-state index in [2.05, 4.69) is 0 Å². The number of thioether (sulfide) groups is 1. The van der Waals surface area contributed by atoms with Gasteiger partial charge in [0.05, 0.1) is 0 Å². The molecule has 0 spiro atoms. The third kappa shape index (κ3) is 4.65. The third-order valence-corrected chi connectivity index (χ3v) is 5.64. The number of carboxylic acids is 1. The van der Waals surface area contributed by atoms with Gasteiger partial charge in [0.2, 0.25) is 10.0 Å². The zero-order chi connectivity index (χ0) is 15.6. The molecule has 0 aromatic carbocycles. The summed E-state index contributed by atoms with van der Waals surface area (Å²) in [6.45, 7) is 0.975. The maximum Gasteiger partial charge on any atom is 0.441 e. The number of carboxylic acid groups (broad SMARTS) is 1. The molecule has 0 unspecified atom stereocenters. The molecule has 11 heteroatoms. The van der Waals surface area contributed by atoms with Crippen molar-refractivity contribution >= 4 is 39.1 Å². The Hall–Kier alpha value is -0.780. The minimum atomic E-state index is -4.43. The van der Waals surface area contributed by atoms with Crippen molar-refractivity contribution in [1.29, 1.82) is 0 Å². The van der Waals surface area contributed by atoms with E-state index >= 15 is 0 Å². The number of hydrogen-bond acceptors (Lipinski definition) is 5. The molecule has 0 aliphatic heterocycles. The van der Waals surface area contributed by atoms with Gasteiger partial charge in [-0.2, -0.15) is 13.2 Å². The van der Waals surface area contributed by atoms with E-state index in [4.69, 9.17) is 5.11 Å². The van der Waals surface area contributed by atoms with Crippen LogP contribution in [0.2, 0.25) is 0 Å². The minimum absolute atomic E-state index is 0.239. The SMILES string of the molecule is Cc1csc(C(=O)O)c1S(=O)(=O)NCCSC(F)(F)F. The Morgan fingerprint density at radius 1 is 1.50 bits per heavy atom. The summed E-state index contributed by atoms with van der Waals surface area (Å²) in [4.78, 5) is 10.1. The molecule has 114 valence electrons. The van der Waals surface area contributed by atoms with Crippen molar-refractivity contribution in [2.75, 3.05) is 12.3 Å². The maximum atomic E-state index is 11.9. The van der Waals surface area contributed by atoms with Gasteiger partial charge in [-0.1, -0.05) is 0 Å². The number of halogens is 3. The van der Waals surface area contributed by atoms with E-state index in [0.29, 0.717) is 0 Å². The molecule has 0 saturated carbocycles. The van der Waals surface area contributed by atoms with Gasteiger partial charge in [-0.05, 0) is 29.6 Å². The van der Waals surface area contributed by atoms with E-state index in [1.54, 1.807) is 0 Å². The monoisotopic (exact) mass is 349 g/mol. The van der Waals surface area contributed by atoms with Crippen molar-refractivity contribution in [3.05, 3.63) is 15.8 Å². The van der Waals surface area contributed by atoms with Gasteiger partial charge in [-0.25, -0.2) is 17.9 Å². The number of aromatic carboxylic acids is 1. The largest absolute Gasteiger partial charge is 0.477 e. The number of alkyl halides is 3. The van der Waals surface area contributed by atoms with Gasteiger partial charge in [-0.15, -0.1) is 11.3 Å². The Labute approximate surface area is 121 Å². The van der Waals surface area contributed by atoms with Crippen molar-refractivity contribution in [2.45, 2.75) is 17.3 Å². The molecule has 0 aliphatic carbocycles. The molecule has 1 heterocycles. The normalized spacial score (nSPS) is 12.6. The number of nitrogens with one attached hydrogen (secondary N) is 1. The molecule has 1 aromatic rings. The molecule has 1 aromatic heterocycles. The average molecular weight is 349 g/mol. The Bertz CT molecular complexity index is 594. The number of carbonyl (C=O) groups is 1. The third-order valence-electron chi connectivity index (χ3n) is 2.04. The lowest BCUT2D eigenvalue weighted by molar-refractivity contribution is -0.0327. The topological polar surface area (TPSA) is 83.5 Å². The fraction of sp³-hybridized carbons (Fsp3) is 0.444. The molecular weight excluding hydrogens is 339 g/mol. The Morgan fingerprint density at radius 3 is 2.60 bits per heavy atom. The fourth-order valence-electron chi connectivity index (χ4n) is 1.33. The highest BCUT2D eigenvalue weighted by Crippen LogP contribution is 2.30. The van der Waals surface area contributed by atoms with Crippen molar-refractivity contribution in [3.63, 3.8) is 0 Å². The number of aryl methyl sites for hydroxylation is 1. The second-order valence-corrected chi connectivity index (χ2v) is 7.32. The van der Waals surface area contributed by atoms with Gasteiger partial charge in [0.15, 0.2) is 0 Å². The summed E-state index contributed by atoms with van der Waals surface area (Å²) in [5.74, 6) is -1.89. The van der Waals surface area contributed by atoms with E-state index in [1.807, 2.05) is 4.72 Å². The first kappa shape index (κ1) is 17.3. The highest BCUT2D eigenvalue weighted by atomic mass is 32.2. The fourth-order valence-corrected chi connectivity index (χ4v) is 4.55. The molecule has 5 nitrogen and oxygen atoms in total. The van der Waals surface area contributed by atoms with Crippen LogP contribution >= 0.6 is 23.1 Å². The number of hydrogen-bond donors (Lipinski definition) is 2.